The Hall–Kier alpha value is -0.840. The van der Waals surface area contributed by atoms with Gasteiger partial charge in [0.25, 0.3) is 0 Å². The highest BCUT2D eigenvalue weighted by Gasteiger charge is 2.30. The average molecular weight is 285 g/mol. The third-order valence-electron chi connectivity index (χ3n) is 3.55. The van der Waals surface area contributed by atoms with Crippen molar-refractivity contribution in [3.05, 3.63) is 10.7 Å². The Balaban J connectivity index is 2.12. The van der Waals surface area contributed by atoms with Crippen molar-refractivity contribution < 1.29 is 0 Å². The lowest BCUT2D eigenvalue weighted by atomic mass is 9.98. The van der Waals surface area contributed by atoms with Crippen LogP contribution in [0.25, 0.3) is 0 Å². The summed E-state index contributed by atoms with van der Waals surface area (Å²) in [6.45, 7) is 4.59. The summed E-state index contributed by atoms with van der Waals surface area (Å²) in [6, 6.07) is 0.487. The van der Waals surface area contributed by atoms with Crippen LogP contribution in [0.2, 0.25) is 0 Å². The molecule has 0 aliphatic heterocycles. The van der Waals surface area contributed by atoms with Crippen molar-refractivity contribution in [3.8, 4) is 0 Å². The van der Waals surface area contributed by atoms with Gasteiger partial charge in [-0.25, -0.2) is 4.98 Å². The van der Waals surface area contributed by atoms with E-state index in [0.29, 0.717) is 17.9 Å². The molecule has 0 bridgehead atoms. The molecule has 0 amide bonds. The van der Waals surface area contributed by atoms with Crippen molar-refractivity contribution in [3.63, 3.8) is 0 Å². The first-order valence-electron chi connectivity index (χ1n) is 5.62. The zero-order valence-corrected chi connectivity index (χ0v) is 11.2. The van der Waals surface area contributed by atoms with Gasteiger partial charge in [-0.15, -0.1) is 0 Å². The molecule has 1 saturated carbocycles. The number of aromatic nitrogens is 2. The molecular weight excluding hydrogens is 268 g/mol. The van der Waals surface area contributed by atoms with Crippen molar-refractivity contribution in [1.29, 1.82) is 0 Å². The van der Waals surface area contributed by atoms with Crippen molar-refractivity contribution in [2.45, 2.75) is 32.7 Å². The van der Waals surface area contributed by atoms with Gasteiger partial charge in [0.2, 0.25) is 5.95 Å². The van der Waals surface area contributed by atoms with E-state index in [2.05, 4.69) is 45.1 Å². The molecule has 1 aromatic heterocycles. The molecule has 0 aromatic carbocycles. The quantitative estimate of drug-likeness (QED) is 0.877. The second-order valence-electron chi connectivity index (χ2n) is 4.59. The van der Waals surface area contributed by atoms with Crippen LogP contribution in [0, 0.1) is 11.8 Å². The van der Waals surface area contributed by atoms with Gasteiger partial charge in [0.05, 0.1) is 4.47 Å². The van der Waals surface area contributed by atoms with Crippen molar-refractivity contribution in [2.75, 3.05) is 11.1 Å². The summed E-state index contributed by atoms with van der Waals surface area (Å²) < 4.78 is 0.869. The summed E-state index contributed by atoms with van der Waals surface area (Å²) >= 11 is 3.43. The maximum atomic E-state index is 5.58. The fourth-order valence-corrected chi connectivity index (χ4v) is 2.53. The van der Waals surface area contributed by atoms with Crippen LogP contribution in [-0.2, 0) is 0 Å². The molecule has 0 radical (unpaired) electrons. The molecule has 0 spiro atoms. The molecule has 1 aliphatic carbocycles. The van der Waals surface area contributed by atoms with Crippen LogP contribution in [0.3, 0.4) is 0 Å². The van der Waals surface area contributed by atoms with E-state index in [1.54, 1.807) is 6.20 Å². The van der Waals surface area contributed by atoms with Gasteiger partial charge < -0.3 is 11.1 Å². The minimum Gasteiger partial charge on any atom is -0.368 e. The minimum atomic E-state index is 0.310. The van der Waals surface area contributed by atoms with E-state index in [9.17, 15) is 0 Å². The van der Waals surface area contributed by atoms with Gasteiger partial charge >= 0.3 is 0 Å². The topological polar surface area (TPSA) is 63.8 Å². The zero-order valence-electron chi connectivity index (χ0n) is 9.57. The smallest absolute Gasteiger partial charge is 0.221 e. The summed E-state index contributed by atoms with van der Waals surface area (Å²) in [7, 11) is 0. The maximum absolute atomic E-state index is 5.58. The lowest BCUT2D eigenvalue weighted by Gasteiger charge is -2.20. The highest BCUT2D eigenvalue weighted by molar-refractivity contribution is 9.10. The minimum absolute atomic E-state index is 0.310. The van der Waals surface area contributed by atoms with E-state index >= 15 is 0 Å². The molecule has 1 aliphatic rings. The number of nitrogens with one attached hydrogen (secondary N) is 1. The molecule has 0 saturated heterocycles. The third-order valence-corrected chi connectivity index (χ3v) is 4.13. The van der Waals surface area contributed by atoms with Gasteiger partial charge in [-0.2, -0.15) is 4.98 Å². The van der Waals surface area contributed by atoms with Gasteiger partial charge in [0.1, 0.15) is 5.82 Å². The molecule has 88 valence electrons. The molecule has 4 nitrogen and oxygen atoms in total. The van der Waals surface area contributed by atoms with Crippen molar-refractivity contribution in [1.82, 2.24) is 9.97 Å². The molecule has 5 heteroatoms. The number of halogens is 1. The van der Waals surface area contributed by atoms with E-state index in [1.165, 1.54) is 12.8 Å². The Bertz CT molecular complexity index is 382. The van der Waals surface area contributed by atoms with Gasteiger partial charge in [-0.3, -0.25) is 0 Å². The van der Waals surface area contributed by atoms with Crippen LogP contribution in [0.1, 0.15) is 26.7 Å². The monoisotopic (exact) mass is 284 g/mol. The van der Waals surface area contributed by atoms with E-state index in [4.69, 9.17) is 5.73 Å². The number of hydrogen-bond donors (Lipinski definition) is 2. The van der Waals surface area contributed by atoms with E-state index in [-0.39, 0.29) is 0 Å². The van der Waals surface area contributed by atoms with E-state index < -0.39 is 0 Å². The average Bonchev–Trinajstić information content (AvgIpc) is 2.55. The normalized spacial score (nSPS) is 29.3. The highest BCUT2D eigenvalue weighted by Crippen LogP contribution is 2.34. The molecule has 3 atom stereocenters. The largest absolute Gasteiger partial charge is 0.368 e. The van der Waals surface area contributed by atoms with Crippen LogP contribution in [0.15, 0.2) is 10.7 Å². The Morgan fingerprint density at radius 1 is 1.44 bits per heavy atom. The highest BCUT2D eigenvalue weighted by atomic mass is 79.9. The first kappa shape index (κ1) is 11.6. The number of rotatable bonds is 2. The summed E-state index contributed by atoms with van der Waals surface area (Å²) in [6.07, 6.45) is 4.16. The molecular formula is C11H17BrN4. The number of nitrogen functional groups attached to an aromatic ring is 1. The molecule has 1 aromatic rings. The third kappa shape index (κ3) is 2.29. The summed E-state index contributed by atoms with van der Waals surface area (Å²) in [5, 5.41) is 3.45. The lowest BCUT2D eigenvalue weighted by molar-refractivity contribution is 0.435. The second-order valence-corrected chi connectivity index (χ2v) is 5.44. The standard InChI is InChI=1S/C11H17BrN4/c1-6-3-4-9(7(6)2)15-10-8(12)5-14-11(13)16-10/h5-7,9H,3-4H2,1-2H3,(H3,13,14,15,16). The zero-order chi connectivity index (χ0) is 11.7. The van der Waals surface area contributed by atoms with Crippen LogP contribution >= 0.6 is 15.9 Å². The van der Waals surface area contributed by atoms with Gasteiger partial charge in [-0.1, -0.05) is 13.8 Å². The maximum Gasteiger partial charge on any atom is 0.221 e. The number of nitrogens with two attached hydrogens (primary N) is 1. The Morgan fingerprint density at radius 3 is 2.81 bits per heavy atom. The Labute approximate surface area is 104 Å². The summed E-state index contributed by atoms with van der Waals surface area (Å²) in [5.74, 6) is 2.56. The predicted molar refractivity (Wildman–Crippen MR) is 69.1 cm³/mol. The second kappa shape index (κ2) is 4.57. The Kier molecular flexibility index (Phi) is 3.33. The first-order valence-corrected chi connectivity index (χ1v) is 6.41. The van der Waals surface area contributed by atoms with E-state index in [0.717, 1.165) is 16.2 Å². The van der Waals surface area contributed by atoms with Crippen LogP contribution < -0.4 is 11.1 Å². The molecule has 3 N–H and O–H groups in total. The predicted octanol–water partition coefficient (Wildman–Crippen LogP) is 2.67. The number of anilines is 2. The van der Waals surface area contributed by atoms with Crippen LogP contribution in [0.5, 0.6) is 0 Å². The number of nitrogens with zero attached hydrogens (tertiary/aromatic N) is 2. The van der Waals surface area contributed by atoms with Crippen molar-refractivity contribution >= 4 is 27.7 Å². The molecule has 16 heavy (non-hydrogen) atoms. The molecule has 1 fully saturated rings. The molecule has 3 unspecified atom stereocenters. The molecule has 2 rings (SSSR count). The number of hydrogen-bond acceptors (Lipinski definition) is 4. The van der Waals surface area contributed by atoms with Gasteiger partial charge in [0.15, 0.2) is 0 Å². The fraction of sp³-hybridized carbons (Fsp3) is 0.636. The summed E-state index contributed by atoms with van der Waals surface area (Å²) in [5.41, 5.74) is 5.58. The van der Waals surface area contributed by atoms with Crippen LogP contribution in [0.4, 0.5) is 11.8 Å². The summed E-state index contributed by atoms with van der Waals surface area (Å²) in [4.78, 5) is 8.13. The Morgan fingerprint density at radius 2 is 2.19 bits per heavy atom. The first-order chi connectivity index (χ1) is 7.58. The SMILES string of the molecule is CC1CCC(Nc2nc(N)ncc2Br)C1C. The molecule has 1 heterocycles. The van der Waals surface area contributed by atoms with E-state index in [1.807, 2.05) is 0 Å². The van der Waals surface area contributed by atoms with Crippen molar-refractivity contribution in [2.24, 2.45) is 11.8 Å². The van der Waals surface area contributed by atoms with Gasteiger partial charge in [-0.05, 0) is 40.6 Å². The van der Waals surface area contributed by atoms with Gasteiger partial charge in [0, 0.05) is 12.2 Å². The lowest BCUT2D eigenvalue weighted by Crippen LogP contribution is -2.25. The van der Waals surface area contributed by atoms with Crippen LogP contribution in [-0.4, -0.2) is 16.0 Å². The fourth-order valence-electron chi connectivity index (χ4n) is 2.23.